The molecule has 0 heterocycles. The molecule has 0 fully saturated rings. The topological polar surface area (TPSA) is 92.6 Å². The lowest BCUT2D eigenvalue weighted by atomic mass is 10.1. The van der Waals surface area contributed by atoms with Crippen LogP contribution in [0.1, 0.15) is 43.6 Å². The second kappa shape index (κ2) is 11.1. The van der Waals surface area contributed by atoms with Gasteiger partial charge in [0.25, 0.3) is 17.5 Å². The number of carbonyl (C=O) groups excluding carboxylic acids is 2. The average Bonchev–Trinajstić information content (AvgIpc) is 2.72. The molecule has 1 N–H and O–H groups in total. The van der Waals surface area contributed by atoms with Crippen molar-refractivity contribution in [3.63, 3.8) is 0 Å². The van der Waals surface area contributed by atoms with E-state index >= 15 is 0 Å². The number of nitro groups is 1. The lowest BCUT2D eigenvalue weighted by molar-refractivity contribution is -0.384. The van der Waals surface area contributed by atoms with Gasteiger partial charge >= 0.3 is 0 Å². The summed E-state index contributed by atoms with van der Waals surface area (Å²) in [6.07, 6.45) is 1.56. The first-order valence-electron chi connectivity index (χ1n) is 10.3. The van der Waals surface area contributed by atoms with Gasteiger partial charge < -0.3 is 10.2 Å². The molecule has 2 rings (SSSR count). The van der Waals surface area contributed by atoms with E-state index < -0.39 is 10.8 Å². The molecule has 31 heavy (non-hydrogen) atoms. The number of amides is 2. The van der Waals surface area contributed by atoms with E-state index in [2.05, 4.69) is 5.32 Å². The molecule has 0 aliphatic heterocycles. The van der Waals surface area contributed by atoms with Crippen molar-refractivity contribution in [2.45, 2.75) is 27.7 Å². The summed E-state index contributed by atoms with van der Waals surface area (Å²) in [5.74, 6) is -0.164. The zero-order valence-electron chi connectivity index (χ0n) is 18.4. The molecule has 0 bridgehead atoms. The molecule has 0 radical (unpaired) electrons. The molecule has 0 aliphatic rings. The molecular formula is C24H29N3O4. The number of benzene rings is 2. The van der Waals surface area contributed by atoms with Crippen LogP contribution in [0.15, 0.2) is 60.3 Å². The third-order valence-electron chi connectivity index (χ3n) is 4.39. The van der Waals surface area contributed by atoms with Crippen molar-refractivity contribution in [2.75, 3.05) is 13.1 Å². The molecule has 2 aromatic rings. The van der Waals surface area contributed by atoms with Crippen molar-refractivity contribution < 1.29 is 14.5 Å². The smallest absolute Gasteiger partial charge is 0.270 e. The summed E-state index contributed by atoms with van der Waals surface area (Å²) in [4.78, 5) is 38.3. The Morgan fingerprint density at radius 2 is 1.52 bits per heavy atom. The summed E-state index contributed by atoms with van der Waals surface area (Å²) in [5.41, 5.74) is 1.10. The fraction of sp³-hybridized carbons (Fsp3) is 0.333. The molecule has 7 nitrogen and oxygen atoms in total. The molecule has 2 amide bonds. The van der Waals surface area contributed by atoms with Crippen LogP contribution in [0.2, 0.25) is 0 Å². The summed E-state index contributed by atoms with van der Waals surface area (Å²) in [6, 6.07) is 14.5. The second-order valence-electron chi connectivity index (χ2n) is 8.22. The maximum atomic E-state index is 13.4. The number of rotatable bonds is 9. The average molecular weight is 424 g/mol. The van der Waals surface area contributed by atoms with E-state index in [-0.39, 0.29) is 29.1 Å². The lowest BCUT2D eigenvalue weighted by Crippen LogP contribution is -2.42. The van der Waals surface area contributed by atoms with Gasteiger partial charge in [-0.25, -0.2) is 0 Å². The number of hydrogen-bond acceptors (Lipinski definition) is 4. The number of nitro benzene ring substituents is 1. The quantitative estimate of drug-likeness (QED) is 0.365. The minimum Gasteiger partial charge on any atom is -0.337 e. The Bertz CT molecular complexity index is 925. The highest BCUT2D eigenvalue weighted by Crippen LogP contribution is 2.16. The standard InChI is InChI=1S/C24H29N3O4/c1-17(2)15-26(16-18(3)4)24(29)22(25-23(28)20-8-6-5-7-9-20)14-19-10-12-21(13-11-19)27(30)31/h5-14,17-18H,15-16H2,1-4H3,(H,25,28). The van der Waals surface area contributed by atoms with Gasteiger partial charge in [-0.2, -0.15) is 0 Å². The van der Waals surface area contributed by atoms with E-state index in [1.54, 1.807) is 47.4 Å². The molecule has 0 atom stereocenters. The van der Waals surface area contributed by atoms with E-state index in [0.29, 0.717) is 24.2 Å². The fourth-order valence-corrected chi connectivity index (χ4v) is 3.09. The van der Waals surface area contributed by atoms with Gasteiger partial charge in [-0.15, -0.1) is 0 Å². The van der Waals surface area contributed by atoms with Crippen LogP contribution in [0.25, 0.3) is 6.08 Å². The van der Waals surface area contributed by atoms with Gasteiger partial charge in [0.2, 0.25) is 0 Å². The molecule has 7 heteroatoms. The number of hydrogen-bond donors (Lipinski definition) is 1. The molecular weight excluding hydrogens is 394 g/mol. The van der Waals surface area contributed by atoms with Crippen molar-refractivity contribution >= 4 is 23.6 Å². The van der Waals surface area contributed by atoms with Crippen molar-refractivity contribution in [2.24, 2.45) is 11.8 Å². The second-order valence-corrected chi connectivity index (χ2v) is 8.22. The highest BCUT2D eigenvalue weighted by molar-refractivity contribution is 6.05. The van der Waals surface area contributed by atoms with E-state index in [9.17, 15) is 19.7 Å². The Kier molecular flexibility index (Phi) is 8.49. The summed E-state index contributed by atoms with van der Waals surface area (Å²) < 4.78 is 0. The first-order chi connectivity index (χ1) is 14.7. The van der Waals surface area contributed by atoms with E-state index in [1.807, 2.05) is 33.8 Å². The third-order valence-corrected chi connectivity index (χ3v) is 4.39. The van der Waals surface area contributed by atoms with E-state index in [4.69, 9.17) is 0 Å². The molecule has 0 aliphatic carbocycles. The number of nitrogens with zero attached hydrogens (tertiary/aromatic N) is 2. The molecule has 0 unspecified atom stereocenters. The summed E-state index contributed by atoms with van der Waals surface area (Å²) >= 11 is 0. The third kappa shape index (κ3) is 7.37. The number of carbonyl (C=O) groups is 2. The predicted octanol–water partition coefficient (Wildman–Crippen LogP) is 4.51. The fourth-order valence-electron chi connectivity index (χ4n) is 3.09. The zero-order chi connectivity index (χ0) is 23.0. The molecule has 0 saturated carbocycles. The maximum Gasteiger partial charge on any atom is 0.270 e. The molecule has 164 valence electrons. The van der Waals surface area contributed by atoms with Crippen LogP contribution in [-0.4, -0.2) is 34.7 Å². The normalized spacial score (nSPS) is 11.5. The van der Waals surface area contributed by atoms with Gasteiger partial charge in [0.1, 0.15) is 5.70 Å². The van der Waals surface area contributed by atoms with Crippen LogP contribution in [0.3, 0.4) is 0 Å². The predicted molar refractivity (Wildman–Crippen MR) is 121 cm³/mol. The largest absolute Gasteiger partial charge is 0.337 e. The highest BCUT2D eigenvalue weighted by Gasteiger charge is 2.22. The summed E-state index contributed by atoms with van der Waals surface area (Å²) in [7, 11) is 0. The van der Waals surface area contributed by atoms with Crippen LogP contribution in [0.5, 0.6) is 0 Å². The monoisotopic (exact) mass is 423 g/mol. The minimum absolute atomic E-state index is 0.0420. The first kappa shape index (κ1) is 23.8. The Hall–Kier alpha value is -3.48. The van der Waals surface area contributed by atoms with E-state index in [0.717, 1.165) is 0 Å². The Morgan fingerprint density at radius 1 is 0.968 bits per heavy atom. The van der Waals surface area contributed by atoms with Crippen LogP contribution < -0.4 is 5.32 Å². The van der Waals surface area contributed by atoms with Crippen LogP contribution in [-0.2, 0) is 4.79 Å². The summed E-state index contributed by atoms with van der Waals surface area (Å²) in [6.45, 7) is 9.23. The number of non-ortho nitro benzene ring substituents is 1. The van der Waals surface area contributed by atoms with Crippen molar-refractivity contribution in [3.05, 3.63) is 81.5 Å². The Balaban J connectivity index is 2.40. The maximum absolute atomic E-state index is 13.4. The molecule has 2 aromatic carbocycles. The molecule has 0 saturated heterocycles. The Morgan fingerprint density at radius 3 is 2.00 bits per heavy atom. The van der Waals surface area contributed by atoms with Crippen molar-refractivity contribution in [1.29, 1.82) is 0 Å². The van der Waals surface area contributed by atoms with E-state index in [1.165, 1.54) is 12.1 Å². The van der Waals surface area contributed by atoms with Crippen LogP contribution in [0, 0.1) is 22.0 Å². The lowest BCUT2D eigenvalue weighted by Gasteiger charge is -2.27. The van der Waals surface area contributed by atoms with Gasteiger partial charge in [0.15, 0.2) is 0 Å². The molecule has 0 spiro atoms. The van der Waals surface area contributed by atoms with Gasteiger partial charge in [0.05, 0.1) is 4.92 Å². The van der Waals surface area contributed by atoms with Gasteiger partial charge in [0, 0.05) is 30.8 Å². The molecule has 0 aromatic heterocycles. The van der Waals surface area contributed by atoms with Gasteiger partial charge in [-0.05, 0) is 47.7 Å². The highest BCUT2D eigenvalue weighted by atomic mass is 16.6. The number of nitrogens with one attached hydrogen (secondary N) is 1. The van der Waals surface area contributed by atoms with Crippen LogP contribution >= 0.6 is 0 Å². The Labute approximate surface area is 182 Å². The SMILES string of the molecule is CC(C)CN(CC(C)C)C(=O)C(=Cc1ccc([N+](=O)[O-])cc1)NC(=O)c1ccccc1. The summed E-state index contributed by atoms with van der Waals surface area (Å²) in [5, 5.41) is 13.7. The first-order valence-corrected chi connectivity index (χ1v) is 10.3. The zero-order valence-corrected chi connectivity index (χ0v) is 18.4. The van der Waals surface area contributed by atoms with Crippen LogP contribution in [0.4, 0.5) is 5.69 Å². The van der Waals surface area contributed by atoms with Crippen molar-refractivity contribution in [3.8, 4) is 0 Å². The minimum atomic E-state index is -0.482. The van der Waals surface area contributed by atoms with Crippen molar-refractivity contribution in [1.82, 2.24) is 10.2 Å². The van der Waals surface area contributed by atoms with Gasteiger partial charge in [-0.1, -0.05) is 45.9 Å². The van der Waals surface area contributed by atoms with Gasteiger partial charge in [-0.3, -0.25) is 19.7 Å².